The van der Waals surface area contributed by atoms with Crippen LogP contribution >= 0.6 is 0 Å². The topological polar surface area (TPSA) is 88.1 Å². The van der Waals surface area contributed by atoms with Crippen molar-refractivity contribution in [2.75, 3.05) is 21.3 Å². The van der Waals surface area contributed by atoms with E-state index in [1.165, 1.54) is 21.3 Å². The molecule has 0 unspecified atom stereocenters. The van der Waals surface area contributed by atoms with E-state index in [4.69, 9.17) is 18.9 Å². The monoisotopic (exact) mass is 314 g/mol. The van der Waals surface area contributed by atoms with Crippen LogP contribution in [-0.4, -0.2) is 50.9 Å². The molecule has 2 aliphatic rings. The summed E-state index contributed by atoms with van der Waals surface area (Å²) < 4.78 is 20.1. The minimum Gasteiger partial charge on any atom is -0.467 e. The second-order valence-corrected chi connectivity index (χ2v) is 5.69. The first-order valence-electron chi connectivity index (χ1n) is 7.45. The SMILES string of the molecule is COC(=O)[C@@H]1OC(C(=O)OC)(C(=O)OC)[C@@H]2CCCCC[C@@H]21. The normalized spacial score (nSPS) is 29.9. The zero-order valence-corrected chi connectivity index (χ0v) is 13.1. The van der Waals surface area contributed by atoms with Gasteiger partial charge in [0, 0.05) is 11.8 Å². The molecule has 1 saturated carbocycles. The summed E-state index contributed by atoms with van der Waals surface area (Å²) in [6.07, 6.45) is 3.10. The molecular weight excluding hydrogens is 292 g/mol. The molecule has 22 heavy (non-hydrogen) atoms. The van der Waals surface area contributed by atoms with Crippen LogP contribution in [0.1, 0.15) is 32.1 Å². The summed E-state index contributed by atoms with van der Waals surface area (Å²) in [6.45, 7) is 0. The zero-order chi connectivity index (χ0) is 16.3. The van der Waals surface area contributed by atoms with Gasteiger partial charge >= 0.3 is 17.9 Å². The number of methoxy groups -OCH3 is 3. The largest absolute Gasteiger partial charge is 0.467 e. The van der Waals surface area contributed by atoms with E-state index in [9.17, 15) is 14.4 Å². The molecule has 0 aromatic heterocycles. The highest BCUT2D eigenvalue weighted by Gasteiger charge is 2.67. The van der Waals surface area contributed by atoms with E-state index in [1.807, 2.05) is 0 Å². The maximum Gasteiger partial charge on any atom is 0.350 e. The van der Waals surface area contributed by atoms with Crippen molar-refractivity contribution in [3.63, 3.8) is 0 Å². The molecule has 2 rings (SSSR count). The number of carbonyl (C=O) groups excluding carboxylic acids is 3. The summed E-state index contributed by atoms with van der Waals surface area (Å²) in [4.78, 5) is 36.8. The summed E-state index contributed by atoms with van der Waals surface area (Å²) in [5.41, 5.74) is -1.88. The van der Waals surface area contributed by atoms with Crippen molar-refractivity contribution < 1.29 is 33.3 Å². The molecule has 0 amide bonds. The lowest BCUT2D eigenvalue weighted by Crippen LogP contribution is -2.53. The lowest BCUT2D eigenvalue weighted by molar-refractivity contribution is -0.193. The van der Waals surface area contributed by atoms with Gasteiger partial charge in [-0.05, 0) is 12.8 Å². The van der Waals surface area contributed by atoms with Gasteiger partial charge in [0.2, 0.25) is 0 Å². The third-order valence-electron chi connectivity index (χ3n) is 4.70. The standard InChI is InChI=1S/C15H22O7/c1-19-12(16)11-9-7-5-4-6-8-10(9)15(22-11,13(17)20-2)14(18)21-3/h9-11H,4-8H2,1-3H3/t9-,10+,11+/m0/s1. The van der Waals surface area contributed by atoms with Crippen molar-refractivity contribution >= 4 is 17.9 Å². The molecule has 0 aromatic rings. The van der Waals surface area contributed by atoms with Gasteiger partial charge in [0.05, 0.1) is 21.3 Å². The van der Waals surface area contributed by atoms with Gasteiger partial charge in [0.25, 0.3) is 5.60 Å². The summed E-state index contributed by atoms with van der Waals surface area (Å²) in [5.74, 6) is -2.91. The Balaban J connectivity index is 2.49. The Bertz CT molecular complexity index is 443. The van der Waals surface area contributed by atoms with Gasteiger partial charge in [0.15, 0.2) is 6.10 Å². The summed E-state index contributed by atoms with van der Waals surface area (Å²) in [5, 5.41) is 0. The van der Waals surface area contributed by atoms with E-state index in [-0.39, 0.29) is 5.92 Å². The van der Waals surface area contributed by atoms with Crippen LogP contribution in [0.4, 0.5) is 0 Å². The molecule has 1 heterocycles. The summed E-state index contributed by atoms with van der Waals surface area (Å²) in [6, 6.07) is 0. The molecule has 0 aromatic carbocycles. The molecule has 0 N–H and O–H groups in total. The lowest BCUT2D eigenvalue weighted by Gasteiger charge is -2.29. The van der Waals surface area contributed by atoms with Crippen molar-refractivity contribution in [1.82, 2.24) is 0 Å². The van der Waals surface area contributed by atoms with E-state index in [0.29, 0.717) is 12.8 Å². The van der Waals surface area contributed by atoms with Crippen LogP contribution in [0.3, 0.4) is 0 Å². The fraction of sp³-hybridized carbons (Fsp3) is 0.800. The fourth-order valence-electron chi connectivity index (χ4n) is 3.70. The minimum atomic E-state index is -1.88. The molecule has 7 heteroatoms. The van der Waals surface area contributed by atoms with Crippen LogP contribution in [0.5, 0.6) is 0 Å². The maximum atomic E-state index is 12.4. The number of ether oxygens (including phenoxy) is 4. The van der Waals surface area contributed by atoms with Gasteiger partial charge < -0.3 is 18.9 Å². The number of esters is 3. The zero-order valence-electron chi connectivity index (χ0n) is 13.1. The molecule has 0 spiro atoms. The van der Waals surface area contributed by atoms with Crippen LogP contribution in [0.25, 0.3) is 0 Å². The third kappa shape index (κ3) is 2.47. The summed E-state index contributed by atoms with van der Waals surface area (Å²) in [7, 11) is 3.63. The Hall–Kier alpha value is -1.63. The molecule has 2 fully saturated rings. The fourth-order valence-corrected chi connectivity index (χ4v) is 3.70. The van der Waals surface area contributed by atoms with E-state index >= 15 is 0 Å². The molecule has 3 atom stereocenters. The highest BCUT2D eigenvalue weighted by Crippen LogP contribution is 2.49. The highest BCUT2D eigenvalue weighted by molar-refractivity contribution is 6.05. The molecular formula is C15H22O7. The first kappa shape index (κ1) is 16.7. The van der Waals surface area contributed by atoms with Crippen LogP contribution in [0.15, 0.2) is 0 Å². The van der Waals surface area contributed by atoms with E-state index in [0.717, 1.165) is 19.3 Å². The van der Waals surface area contributed by atoms with Gasteiger partial charge in [-0.15, -0.1) is 0 Å². The van der Waals surface area contributed by atoms with Crippen LogP contribution in [0.2, 0.25) is 0 Å². The Morgan fingerprint density at radius 3 is 2.05 bits per heavy atom. The predicted octanol–water partition coefficient (Wildman–Crippen LogP) is 0.839. The Kier molecular flexibility index (Phi) is 5.05. The first-order valence-corrected chi connectivity index (χ1v) is 7.45. The van der Waals surface area contributed by atoms with Crippen molar-refractivity contribution in [2.24, 2.45) is 11.8 Å². The molecule has 124 valence electrons. The predicted molar refractivity (Wildman–Crippen MR) is 73.7 cm³/mol. The average molecular weight is 314 g/mol. The Morgan fingerprint density at radius 2 is 1.50 bits per heavy atom. The van der Waals surface area contributed by atoms with Crippen LogP contribution in [0, 0.1) is 11.8 Å². The third-order valence-corrected chi connectivity index (χ3v) is 4.70. The number of carbonyl (C=O) groups is 3. The molecule has 0 bridgehead atoms. The van der Waals surface area contributed by atoms with E-state index < -0.39 is 35.5 Å². The molecule has 1 saturated heterocycles. The quantitative estimate of drug-likeness (QED) is 0.433. The molecule has 7 nitrogen and oxygen atoms in total. The second-order valence-electron chi connectivity index (χ2n) is 5.69. The van der Waals surface area contributed by atoms with Crippen LogP contribution in [-0.2, 0) is 33.3 Å². The minimum absolute atomic E-state index is 0.256. The maximum absolute atomic E-state index is 12.4. The average Bonchev–Trinajstić information content (AvgIpc) is 2.71. The number of hydrogen-bond donors (Lipinski definition) is 0. The highest BCUT2D eigenvalue weighted by atomic mass is 16.6. The smallest absolute Gasteiger partial charge is 0.350 e. The van der Waals surface area contributed by atoms with Crippen molar-refractivity contribution in [1.29, 1.82) is 0 Å². The summed E-state index contributed by atoms with van der Waals surface area (Å²) >= 11 is 0. The number of hydrogen-bond acceptors (Lipinski definition) is 7. The van der Waals surface area contributed by atoms with Gasteiger partial charge in [-0.25, -0.2) is 14.4 Å². The van der Waals surface area contributed by atoms with Crippen molar-refractivity contribution in [2.45, 2.75) is 43.8 Å². The molecule has 1 aliphatic heterocycles. The van der Waals surface area contributed by atoms with E-state index in [2.05, 4.69) is 0 Å². The van der Waals surface area contributed by atoms with Gasteiger partial charge in [-0.2, -0.15) is 0 Å². The van der Waals surface area contributed by atoms with E-state index in [1.54, 1.807) is 0 Å². The first-order chi connectivity index (χ1) is 10.5. The molecule has 0 radical (unpaired) electrons. The van der Waals surface area contributed by atoms with Gasteiger partial charge in [0.1, 0.15) is 0 Å². The number of fused-ring (bicyclic) bond motifs is 1. The number of rotatable bonds is 3. The second kappa shape index (κ2) is 6.64. The Labute approximate surface area is 129 Å². The molecule has 1 aliphatic carbocycles. The van der Waals surface area contributed by atoms with Crippen molar-refractivity contribution in [3.8, 4) is 0 Å². The Morgan fingerprint density at radius 1 is 0.909 bits per heavy atom. The lowest BCUT2D eigenvalue weighted by atomic mass is 9.76. The van der Waals surface area contributed by atoms with Crippen LogP contribution < -0.4 is 0 Å². The van der Waals surface area contributed by atoms with Crippen molar-refractivity contribution in [3.05, 3.63) is 0 Å². The van der Waals surface area contributed by atoms with Gasteiger partial charge in [-0.3, -0.25) is 0 Å². The van der Waals surface area contributed by atoms with Gasteiger partial charge in [-0.1, -0.05) is 19.3 Å².